The Balaban J connectivity index is 2.09. The van der Waals surface area contributed by atoms with E-state index in [-0.39, 0.29) is 0 Å². The summed E-state index contributed by atoms with van der Waals surface area (Å²) in [6, 6.07) is 2.76. The first kappa shape index (κ1) is 14.8. The maximum absolute atomic E-state index is 4.61. The molecule has 0 aliphatic carbocycles. The van der Waals surface area contributed by atoms with Gasteiger partial charge in [-0.1, -0.05) is 13.3 Å². The molecule has 1 aliphatic rings. The third kappa shape index (κ3) is 4.18. The zero-order chi connectivity index (χ0) is 13.7. The van der Waals surface area contributed by atoms with Gasteiger partial charge in [-0.25, -0.2) is 4.98 Å². The number of hydrogen-bond acceptors (Lipinski definition) is 3. The lowest BCUT2D eigenvalue weighted by molar-refractivity contribution is 0.398. The molecule has 1 unspecified atom stereocenters. The lowest BCUT2D eigenvalue weighted by Gasteiger charge is -2.31. The van der Waals surface area contributed by atoms with E-state index in [1.54, 1.807) is 0 Å². The number of nitrogens with zero attached hydrogens (tertiary/aromatic N) is 2. The predicted molar refractivity (Wildman–Crippen MR) is 84.8 cm³/mol. The molecule has 2 heterocycles. The number of pyridine rings is 1. The average Bonchev–Trinajstić information content (AvgIpc) is 2.39. The van der Waals surface area contributed by atoms with Gasteiger partial charge in [0.05, 0.1) is 4.47 Å². The van der Waals surface area contributed by atoms with Crippen molar-refractivity contribution in [2.45, 2.75) is 45.6 Å². The monoisotopic (exact) mass is 325 g/mol. The lowest BCUT2D eigenvalue weighted by Crippen LogP contribution is -2.44. The molecule has 1 fully saturated rings. The second-order valence-corrected chi connectivity index (χ2v) is 6.27. The van der Waals surface area contributed by atoms with Crippen LogP contribution in [0, 0.1) is 6.92 Å². The molecule has 0 amide bonds. The zero-order valence-corrected chi connectivity index (χ0v) is 13.5. The average molecular weight is 326 g/mol. The van der Waals surface area contributed by atoms with Crippen LogP contribution in [0.15, 0.2) is 16.7 Å². The third-order valence-electron chi connectivity index (χ3n) is 3.60. The maximum atomic E-state index is 4.61. The van der Waals surface area contributed by atoms with Gasteiger partial charge in [0.1, 0.15) is 5.82 Å². The number of anilines is 1. The molecule has 2 rings (SSSR count). The van der Waals surface area contributed by atoms with Crippen LogP contribution in [0.1, 0.15) is 38.2 Å². The molecule has 1 aromatic heterocycles. The highest BCUT2D eigenvalue weighted by atomic mass is 79.9. The van der Waals surface area contributed by atoms with Gasteiger partial charge in [0.15, 0.2) is 0 Å². The quantitative estimate of drug-likeness (QED) is 0.897. The minimum absolute atomic E-state index is 0.607. The second kappa shape index (κ2) is 7.25. The molecule has 106 valence electrons. The van der Waals surface area contributed by atoms with Crippen molar-refractivity contribution in [1.82, 2.24) is 10.3 Å². The van der Waals surface area contributed by atoms with Gasteiger partial charge in [-0.2, -0.15) is 0 Å². The van der Waals surface area contributed by atoms with E-state index in [2.05, 4.69) is 51.0 Å². The molecular formula is C15H24BrN3. The van der Waals surface area contributed by atoms with Crippen molar-refractivity contribution in [2.24, 2.45) is 0 Å². The van der Waals surface area contributed by atoms with Gasteiger partial charge >= 0.3 is 0 Å². The van der Waals surface area contributed by atoms with E-state index in [0.717, 1.165) is 36.3 Å². The topological polar surface area (TPSA) is 28.2 Å². The predicted octanol–water partition coefficient (Wildman–Crippen LogP) is 3.51. The number of hydrogen-bond donors (Lipinski definition) is 1. The number of aromatic nitrogens is 1. The summed E-state index contributed by atoms with van der Waals surface area (Å²) in [5.41, 5.74) is 1.20. The molecule has 4 heteroatoms. The molecule has 0 bridgehead atoms. The van der Waals surface area contributed by atoms with E-state index >= 15 is 0 Å². The van der Waals surface area contributed by atoms with Gasteiger partial charge in [0.25, 0.3) is 0 Å². The Bertz CT molecular complexity index is 402. The van der Waals surface area contributed by atoms with E-state index in [9.17, 15) is 0 Å². The highest BCUT2D eigenvalue weighted by Gasteiger charge is 2.18. The second-order valence-electron chi connectivity index (χ2n) is 5.41. The highest BCUT2D eigenvalue weighted by molar-refractivity contribution is 9.10. The molecule has 0 saturated carbocycles. The molecule has 0 aromatic carbocycles. The molecule has 1 saturated heterocycles. The van der Waals surface area contributed by atoms with Crippen molar-refractivity contribution >= 4 is 21.7 Å². The van der Waals surface area contributed by atoms with Crippen molar-refractivity contribution < 1.29 is 0 Å². The molecule has 0 spiro atoms. The van der Waals surface area contributed by atoms with E-state index < -0.39 is 0 Å². The van der Waals surface area contributed by atoms with E-state index in [0.29, 0.717) is 6.04 Å². The fourth-order valence-electron chi connectivity index (χ4n) is 2.66. The van der Waals surface area contributed by atoms with Gasteiger partial charge in [0.2, 0.25) is 0 Å². The summed E-state index contributed by atoms with van der Waals surface area (Å²) >= 11 is 3.66. The van der Waals surface area contributed by atoms with Crippen LogP contribution >= 0.6 is 15.9 Å². The molecular weight excluding hydrogens is 302 g/mol. The van der Waals surface area contributed by atoms with Gasteiger partial charge in [-0.3, -0.25) is 0 Å². The zero-order valence-electron chi connectivity index (χ0n) is 12.0. The lowest BCUT2D eigenvalue weighted by atomic mass is 10.0. The normalized spacial score (nSPS) is 19.4. The van der Waals surface area contributed by atoms with Crippen LogP contribution in [-0.4, -0.2) is 30.7 Å². The molecule has 1 N–H and O–H groups in total. The van der Waals surface area contributed by atoms with Crippen molar-refractivity contribution in [1.29, 1.82) is 0 Å². The van der Waals surface area contributed by atoms with Crippen molar-refractivity contribution in [3.63, 3.8) is 0 Å². The first-order valence-corrected chi connectivity index (χ1v) is 8.10. The largest absolute Gasteiger partial charge is 0.354 e. The minimum Gasteiger partial charge on any atom is -0.354 e. The Hall–Kier alpha value is -0.610. The molecule has 3 nitrogen and oxygen atoms in total. The Morgan fingerprint density at radius 3 is 2.95 bits per heavy atom. The Morgan fingerprint density at radius 1 is 1.47 bits per heavy atom. The third-order valence-corrected chi connectivity index (χ3v) is 4.19. The van der Waals surface area contributed by atoms with Gasteiger partial charge in [-0.15, -0.1) is 0 Å². The first-order valence-electron chi connectivity index (χ1n) is 7.31. The maximum Gasteiger partial charge on any atom is 0.142 e. The summed E-state index contributed by atoms with van der Waals surface area (Å²) in [7, 11) is 0. The fourth-order valence-corrected chi connectivity index (χ4v) is 3.37. The summed E-state index contributed by atoms with van der Waals surface area (Å²) in [5, 5.41) is 3.62. The van der Waals surface area contributed by atoms with E-state index in [4.69, 9.17) is 0 Å². The molecule has 0 radical (unpaired) electrons. The highest BCUT2D eigenvalue weighted by Crippen LogP contribution is 2.25. The summed E-state index contributed by atoms with van der Waals surface area (Å²) in [5.74, 6) is 1.08. The summed E-state index contributed by atoms with van der Waals surface area (Å²) in [6.07, 6.45) is 7.05. The minimum atomic E-state index is 0.607. The van der Waals surface area contributed by atoms with Crippen molar-refractivity contribution in [3.8, 4) is 0 Å². The van der Waals surface area contributed by atoms with Gasteiger partial charge < -0.3 is 10.2 Å². The van der Waals surface area contributed by atoms with Crippen LogP contribution in [0.4, 0.5) is 5.82 Å². The Labute approximate surface area is 124 Å². The molecule has 1 aliphatic heterocycles. The summed E-state index contributed by atoms with van der Waals surface area (Å²) < 4.78 is 1.11. The van der Waals surface area contributed by atoms with Gasteiger partial charge in [-0.05, 0) is 60.3 Å². The smallest absolute Gasteiger partial charge is 0.142 e. The molecule has 1 atom stereocenters. The van der Waals surface area contributed by atoms with Crippen molar-refractivity contribution in [3.05, 3.63) is 22.3 Å². The number of halogens is 1. The van der Waals surface area contributed by atoms with E-state index in [1.165, 1.54) is 24.8 Å². The van der Waals surface area contributed by atoms with Crippen LogP contribution in [0.25, 0.3) is 0 Å². The van der Waals surface area contributed by atoms with Crippen molar-refractivity contribution in [2.75, 3.05) is 24.5 Å². The SMILES string of the molecule is CCCN(CC1CCCCN1)c1ncc(C)cc1Br. The van der Waals surface area contributed by atoms with Crippen LogP contribution in [-0.2, 0) is 0 Å². The van der Waals surface area contributed by atoms with Crippen LogP contribution < -0.4 is 10.2 Å². The first-order chi connectivity index (χ1) is 9.20. The van der Waals surface area contributed by atoms with Gasteiger partial charge in [0, 0.05) is 25.3 Å². The van der Waals surface area contributed by atoms with E-state index in [1.807, 2.05) is 6.20 Å². The Kier molecular flexibility index (Phi) is 5.64. The standard InChI is InChI=1S/C15H24BrN3/c1-3-8-19(11-13-6-4-5-7-17-13)15-14(16)9-12(2)10-18-15/h9-10,13,17H,3-8,11H2,1-2H3. The number of aryl methyl sites for hydroxylation is 1. The van der Waals surface area contributed by atoms with Crippen LogP contribution in [0.3, 0.4) is 0 Å². The molecule has 19 heavy (non-hydrogen) atoms. The number of nitrogens with one attached hydrogen (secondary N) is 1. The van der Waals surface area contributed by atoms with Crippen LogP contribution in [0.2, 0.25) is 0 Å². The fraction of sp³-hybridized carbons (Fsp3) is 0.667. The Morgan fingerprint density at radius 2 is 2.32 bits per heavy atom. The number of piperidine rings is 1. The summed E-state index contributed by atoms with van der Waals surface area (Å²) in [4.78, 5) is 7.02. The number of rotatable bonds is 5. The van der Waals surface area contributed by atoms with Crippen LogP contribution in [0.5, 0.6) is 0 Å². The summed E-state index contributed by atoms with van der Waals surface area (Å²) in [6.45, 7) is 7.58. The molecule has 1 aromatic rings.